The van der Waals surface area contributed by atoms with Crippen molar-refractivity contribution >= 4 is 0 Å². The van der Waals surface area contributed by atoms with E-state index in [9.17, 15) is 0 Å². The average Bonchev–Trinajstić information content (AvgIpc) is 2.19. The number of aliphatic hydroxyl groups is 1. The molecule has 3 rings (SSSR count). The van der Waals surface area contributed by atoms with Gasteiger partial charge >= 0.3 is 0 Å². The molecule has 0 heterocycles. The Balaban J connectivity index is 2.08. The quantitative estimate of drug-likeness (QED) is 0.495. The first kappa shape index (κ1) is 4.57. The largest absolute Gasteiger partial charge is 0.396 e. The predicted octanol–water partition coefficient (Wildman–Crippen LogP) is 0.801. The molecule has 0 amide bonds. The smallest absolute Gasteiger partial charge is 0.0470 e. The fraction of sp³-hybridized carbons (Fsp3) is 0.714. The van der Waals surface area contributed by atoms with Crippen molar-refractivity contribution in [3.63, 3.8) is 0 Å². The normalized spacial score (nSPS) is 49.4. The molecule has 3 aliphatic carbocycles. The lowest BCUT2D eigenvalue weighted by molar-refractivity contribution is 0.0915. The summed E-state index contributed by atoms with van der Waals surface area (Å²) in [5.74, 6) is 2.09. The SMILES string of the molecule is OCC1C2C=CC1C2. The van der Waals surface area contributed by atoms with Crippen LogP contribution in [0.15, 0.2) is 12.2 Å². The lowest BCUT2D eigenvalue weighted by Crippen LogP contribution is -2.31. The highest BCUT2D eigenvalue weighted by atomic mass is 16.3. The van der Waals surface area contributed by atoms with Gasteiger partial charge in [0.25, 0.3) is 0 Å². The number of hydrogen-bond donors (Lipinski definition) is 1. The maximum atomic E-state index is 8.73. The summed E-state index contributed by atoms with van der Waals surface area (Å²) >= 11 is 0. The molecule has 0 aromatic heterocycles. The monoisotopic (exact) mass is 110 g/mol. The zero-order chi connectivity index (χ0) is 5.56. The van der Waals surface area contributed by atoms with Crippen molar-refractivity contribution < 1.29 is 5.11 Å². The molecular formula is C7H10O. The van der Waals surface area contributed by atoms with Gasteiger partial charge in [-0.3, -0.25) is 0 Å². The van der Waals surface area contributed by atoms with Gasteiger partial charge in [0.05, 0.1) is 0 Å². The lowest BCUT2D eigenvalue weighted by Gasteiger charge is -2.34. The number of rotatable bonds is 1. The Morgan fingerprint density at radius 2 is 2.00 bits per heavy atom. The fourth-order valence-electron chi connectivity index (χ4n) is 1.78. The van der Waals surface area contributed by atoms with E-state index in [2.05, 4.69) is 12.2 Å². The van der Waals surface area contributed by atoms with E-state index in [4.69, 9.17) is 5.11 Å². The Morgan fingerprint density at radius 3 is 2.25 bits per heavy atom. The lowest BCUT2D eigenvalue weighted by atomic mass is 9.72. The topological polar surface area (TPSA) is 20.2 Å². The van der Waals surface area contributed by atoms with Crippen molar-refractivity contribution in [3.05, 3.63) is 12.2 Å². The minimum atomic E-state index is 0.391. The molecule has 0 radical (unpaired) electrons. The summed E-state index contributed by atoms with van der Waals surface area (Å²) in [4.78, 5) is 0. The van der Waals surface area contributed by atoms with E-state index in [0.717, 1.165) is 11.8 Å². The maximum absolute atomic E-state index is 8.73. The van der Waals surface area contributed by atoms with Crippen molar-refractivity contribution in [2.24, 2.45) is 17.8 Å². The molecule has 1 fully saturated rings. The molecule has 0 spiro atoms. The average molecular weight is 110 g/mol. The van der Waals surface area contributed by atoms with Crippen molar-refractivity contribution in [2.75, 3.05) is 6.61 Å². The summed E-state index contributed by atoms with van der Waals surface area (Å²) in [5, 5.41) is 8.73. The van der Waals surface area contributed by atoms with Crippen LogP contribution in [-0.4, -0.2) is 11.7 Å². The molecule has 2 unspecified atom stereocenters. The van der Waals surface area contributed by atoms with Crippen LogP contribution in [0.1, 0.15) is 6.42 Å². The van der Waals surface area contributed by atoms with Gasteiger partial charge in [0.2, 0.25) is 0 Å². The second kappa shape index (κ2) is 1.35. The number of hydrogen-bond acceptors (Lipinski definition) is 1. The van der Waals surface area contributed by atoms with Crippen LogP contribution in [-0.2, 0) is 0 Å². The standard InChI is InChI=1S/C7H10O/c8-4-7-5-1-2-6(7)3-5/h1-2,5-8H,3-4H2. The Labute approximate surface area is 49.0 Å². The molecule has 1 nitrogen and oxygen atoms in total. The third-order valence-electron chi connectivity index (χ3n) is 2.46. The molecule has 1 saturated carbocycles. The molecule has 8 heavy (non-hydrogen) atoms. The second-order valence-electron chi connectivity index (χ2n) is 2.79. The van der Waals surface area contributed by atoms with Gasteiger partial charge in [-0.25, -0.2) is 0 Å². The van der Waals surface area contributed by atoms with Crippen molar-refractivity contribution in [1.29, 1.82) is 0 Å². The van der Waals surface area contributed by atoms with E-state index < -0.39 is 0 Å². The van der Waals surface area contributed by atoms with E-state index in [0.29, 0.717) is 12.5 Å². The second-order valence-corrected chi connectivity index (χ2v) is 2.79. The molecule has 0 aromatic rings. The first-order valence-corrected chi connectivity index (χ1v) is 3.21. The fourth-order valence-corrected chi connectivity index (χ4v) is 1.78. The van der Waals surface area contributed by atoms with Crippen LogP contribution >= 0.6 is 0 Å². The minimum absolute atomic E-state index is 0.391. The van der Waals surface area contributed by atoms with Gasteiger partial charge in [0, 0.05) is 6.61 Å². The third-order valence-corrected chi connectivity index (χ3v) is 2.46. The van der Waals surface area contributed by atoms with Crippen LogP contribution in [0.5, 0.6) is 0 Å². The summed E-state index contributed by atoms with van der Waals surface area (Å²) in [7, 11) is 0. The van der Waals surface area contributed by atoms with Gasteiger partial charge in [0.1, 0.15) is 0 Å². The van der Waals surface area contributed by atoms with Crippen LogP contribution in [0.2, 0.25) is 0 Å². The van der Waals surface area contributed by atoms with Gasteiger partial charge in [0.15, 0.2) is 0 Å². The van der Waals surface area contributed by atoms with E-state index >= 15 is 0 Å². The molecule has 0 saturated heterocycles. The molecule has 0 aromatic carbocycles. The number of aliphatic hydroxyl groups excluding tert-OH is 1. The zero-order valence-electron chi connectivity index (χ0n) is 4.75. The number of allylic oxidation sites excluding steroid dienone is 2. The van der Waals surface area contributed by atoms with E-state index in [1.54, 1.807) is 0 Å². The van der Waals surface area contributed by atoms with Gasteiger partial charge in [-0.1, -0.05) is 12.2 Å². The van der Waals surface area contributed by atoms with Crippen LogP contribution in [0.25, 0.3) is 0 Å². The van der Waals surface area contributed by atoms with Crippen LogP contribution < -0.4 is 0 Å². The summed E-state index contributed by atoms with van der Waals surface area (Å²) in [6, 6.07) is 0. The van der Waals surface area contributed by atoms with Gasteiger partial charge in [-0.2, -0.15) is 0 Å². The molecule has 2 bridgehead atoms. The molecule has 3 aliphatic rings. The molecule has 44 valence electrons. The molecule has 2 atom stereocenters. The van der Waals surface area contributed by atoms with Crippen molar-refractivity contribution in [2.45, 2.75) is 6.42 Å². The summed E-state index contributed by atoms with van der Waals surface area (Å²) < 4.78 is 0. The van der Waals surface area contributed by atoms with Crippen LogP contribution in [0, 0.1) is 17.8 Å². The van der Waals surface area contributed by atoms with Gasteiger partial charge in [-0.05, 0) is 24.2 Å². The molecule has 0 aliphatic heterocycles. The summed E-state index contributed by atoms with van der Waals surface area (Å²) in [6.07, 6.45) is 5.79. The Kier molecular flexibility index (Phi) is 0.770. The third kappa shape index (κ3) is 0.360. The molecule has 1 N–H and O–H groups in total. The van der Waals surface area contributed by atoms with E-state index in [1.807, 2.05) is 0 Å². The van der Waals surface area contributed by atoms with Gasteiger partial charge in [-0.15, -0.1) is 0 Å². The van der Waals surface area contributed by atoms with Crippen molar-refractivity contribution in [3.8, 4) is 0 Å². The Bertz CT molecular complexity index is 116. The summed E-state index contributed by atoms with van der Waals surface area (Å²) in [5.41, 5.74) is 0. The highest BCUT2D eigenvalue weighted by molar-refractivity contribution is 5.15. The van der Waals surface area contributed by atoms with Crippen LogP contribution in [0.3, 0.4) is 0 Å². The maximum Gasteiger partial charge on any atom is 0.0470 e. The van der Waals surface area contributed by atoms with Crippen molar-refractivity contribution in [1.82, 2.24) is 0 Å². The Hall–Kier alpha value is -0.300. The summed E-state index contributed by atoms with van der Waals surface area (Å²) in [6.45, 7) is 0.391. The molecular weight excluding hydrogens is 100 g/mol. The zero-order valence-corrected chi connectivity index (χ0v) is 4.75. The van der Waals surface area contributed by atoms with E-state index in [-0.39, 0.29) is 0 Å². The molecule has 1 heteroatoms. The van der Waals surface area contributed by atoms with Gasteiger partial charge < -0.3 is 5.11 Å². The minimum Gasteiger partial charge on any atom is -0.396 e. The Morgan fingerprint density at radius 1 is 1.38 bits per heavy atom. The predicted molar refractivity (Wildman–Crippen MR) is 31.3 cm³/mol. The van der Waals surface area contributed by atoms with E-state index in [1.165, 1.54) is 6.42 Å². The van der Waals surface area contributed by atoms with Crippen LogP contribution in [0.4, 0.5) is 0 Å². The highest BCUT2D eigenvalue weighted by Crippen LogP contribution is 2.47. The first-order valence-electron chi connectivity index (χ1n) is 3.21. The first-order chi connectivity index (χ1) is 3.92. The highest BCUT2D eigenvalue weighted by Gasteiger charge is 2.41.